The highest BCUT2D eigenvalue weighted by atomic mass is 16.2. The quantitative estimate of drug-likeness (QED) is 0.714. The van der Waals surface area contributed by atoms with Gasteiger partial charge in [-0.05, 0) is 5.41 Å². The Balaban J connectivity index is 1.98. The Morgan fingerprint density at radius 3 is 2.59 bits per heavy atom. The highest BCUT2D eigenvalue weighted by Gasteiger charge is 2.34. The van der Waals surface area contributed by atoms with Gasteiger partial charge in [0.25, 0.3) is 5.91 Å². The SMILES string of the molecule is CNC(=O)[C@@H](NC(=O)c1nc(-c2cncnc2)n2c1CNCC2)C(C)(C)C. The van der Waals surface area contributed by atoms with Crippen molar-refractivity contribution in [2.24, 2.45) is 5.41 Å². The first-order valence-corrected chi connectivity index (χ1v) is 8.91. The lowest BCUT2D eigenvalue weighted by Gasteiger charge is -2.29. The number of carbonyl (C=O) groups is 2. The van der Waals surface area contributed by atoms with Gasteiger partial charge >= 0.3 is 0 Å². The molecule has 144 valence electrons. The molecular formula is C18H25N7O2. The fourth-order valence-corrected chi connectivity index (χ4v) is 3.14. The number of hydrogen-bond donors (Lipinski definition) is 3. The van der Waals surface area contributed by atoms with Crippen molar-refractivity contribution < 1.29 is 9.59 Å². The Kier molecular flexibility index (Phi) is 5.22. The van der Waals surface area contributed by atoms with Crippen LogP contribution in [0, 0.1) is 5.41 Å². The van der Waals surface area contributed by atoms with Crippen molar-refractivity contribution in [3.8, 4) is 11.4 Å². The van der Waals surface area contributed by atoms with Gasteiger partial charge in [-0.3, -0.25) is 9.59 Å². The third-order valence-corrected chi connectivity index (χ3v) is 4.56. The van der Waals surface area contributed by atoms with E-state index in [2.05, 4.69) is 30.9 Å². The van der Waals surface area contributed by atoms with Gasteiger partial charge in [-0.15, -0.1) is 0 Å². The van der Waals surface area contributed by atoms with Gasteiger partial charge in [0, 0.05) is 39.1 Å². The summed E-state index contributed by atoms with van der Waals surface area (Å²) >= 11 is 0. The number of fused-ring (bicyclic) bond motifs is 1. The van der Waals surface area contributed by atoms with E-state index < -0.39 is 11.5 Å². The Bertz CT molecular complexity index is 839. The summed E-state index contributed by atoms with van der Waals surface area (Å²) in [5.74, 6) is 0.0531. The van der Waals surface area contributed by atoms with Gasteiger partial charge in [-0.1, -0.05) is 20.8 Å². The van der Waals surface area contributed by atoms with E-state index in [1.807, 2.05) is 25.3 Å². The number of aromatic nitrogens is 4. The molecule has 1 aliphatic heterocycles. The predicted molar refractivity (Wildman–Crippen MR) is 99.7 cm³/mol. The molecule has 2 aromatic rings. The van der Waals surface area contributed by atoms with Crippen LogP contribution in [0.3, 0.4) is 0 Å². The molecule has 0 saturated heterocycles. The molecule has 3 heterocycles. The van der Waals surface area contributed by atoms with Crippen molar-refractivity contribution in [1.29, 1.82) is 0 Å². The molecule has 0 spiro atoms. The highest BCUT2D eigenvalue weighted by Crippen LogP contribution is 2.25. The molecule has 27 heavy (non-hydrogen) atoms. The summed E-state index contributed by atoms with van der Waals surface area (Å²) in [4.78, 5) is 37.9. The lowest BCUT2D eigenvalue weighted by molar-refractivity contribution is -0.124. The number of carbonyl (C=O) groups excluding carboxylic acids is 2. The van der Waals surface area contributed by atoms with E-state index in [-0.39, 0.29) is 11.8 Å². The van der Waals surface area contributed by atoms with Crippen LogP contribution in [-0.2, 0) is 17.9 Å². The average molecular weight is 371 g/mol. The minimum absolute atomic E-state index is 0.237. The maximum Gasteiger partial charge on any atom is 0.272 e. The number of likely N-dealkylation sites (N-methyl/N-ethyl adjacent to an activating group) is 1. The summed E-state index contributed by atoms with van der Waals surface area (Å²) in [7, 11) is 1.56. The van der Waals surface area contributed by atoms with E-state index in [1.165, 1.54) is 6.33 Å². The Morgan fingerprint density at radius 2 is 1.96 bits per heavy atom. The largest absolute Gasteiger partial charge is 0.357 e. The van der Waals surface area contributed by atoms with E-state index in [9.17, 15) is 9.59 Å². The summed E-state index contributed by atoms with van der Waals surface area (Å²) in [5, 5.41) is 8.73. The maximum absolute atomic E-state index is 13.0. The number of amides is 2. The fourth-order valence-electron chi connectivity index (χ4n) is 3.14. The third-order valence-electron chi connectivity index (χ3n) is 4.56. The molecule has 9 heteroatoms. The molecule has 0 aromatic carbocycles. The summed E-state index contributed by atoms with van der Waals surface area (Å²) in [6, 6.07) is -0.674. The van der Waals surface area contributed by atoms with Crippen LogP contribution in [0.4, 0.5) is 0 Å². The van der Waals surface area contributed by atoms with Crippen molar-refractivity contribution in [2.45, 2.75) is 39.9 Å². The zero-order chi connectivity index (χ0) is 19.6. The van der Waals surface area contributed by atoms with Crippen LogP contribution in [0.25, 0.3) is 11.4 Å². The van der Waals surface area contributed by atoms with Crippen LogP contribution in [0.1, 0.15) is 37.0 Å². The first kappa shape index (κ1) is 19.0. The summed E-state index contributed by atoms with van der Waals surface area (Å²) < 4.78 is 2.01. The maximum atomic E-state index is 13.0. The smallest absolute Gasteiger partial charge is 0.272 e. The molecule has 2 amide bonds. The van der Waals surface area contributed by atoms with E-state index in [4.69, 9.17) is 0 Å². The molecule has 2 aromatic heterocycles. The molecule has 1 atom stereocenters. The lowest BCUT2D eigenvalue weighted by Crippen LogP contribution is -2.53. The van der Waals surface area contributed by atoms with Crippen LogP contribution in [0.15, 0.2) is 18.7 Å². The molecule has 0 aliphatic carbocycles. The summed E-state index contributed by atoms with van der Waals surface area (Å²) in [5.41, 5.74) is 1.42. The van der Waals surface area contributed by atoms with Gasteiger partial charge < -0.3 is 20.5 Å². The Labute approximate surface area is 158 Å². The van der Waals surface area contributed by atoms with E-state index in [1.54, 1.807) is 19.4 Å². The van der Waals surface area contributed by atoms with E-state index in [0.29, 0.717) is 24.6 Å². The van der Waals surface area contributed by atoms with Crippen molar-refractivity contribution in [3.05, 3.63) is 30.1 Å². The standard InChI is InChI=1S/C18H25N7O2/c1-18(2,3)14(17(27)19-4)24-16(26)13-12-9-20-5-6-25(12)15(23-13)11-7-21-10-22-8-11/h7-8,10,14,20H,5-6,9H2,1-4H3,(H,19,27)(H,24,26)/t14-/m1/s1. The first-order valence-electron chi connectivity index (χ1n) is 8.91. The van der Waals surface area contributed by atoms with Crippen molar-refractivity contribution in [2.75, 3.05) is 13.6 Å². The van der Waals surface area contributed by atoms with Gasteiger partial charge in [0.1, 0.15) is 18.2 Å². The molecule has 0 radical (unpaired) electrons. The molecule has 3 N–H and O–H groups in total. The monoisotopic (exact) mass is 371 g/mol. The number of nitrogens with one attached hydrogen (secondary N) is 3. The van der Waals surface area contributed by atoms with Crippen LogP contribution >= 0.6 is 0 Å². The van der Waals surface area contributed by atoms with Crippen LogP contribution in [-0.4, -0.2) is 51.0 Å². The number of imidazole rings is 1. The second-order valence-corrected chi connectivity index (χ2v) is 7.57. The minimum Gasteiger partial charge on any atom is -0.357 e. The second kappa shape index (κ2) is 7.43. The van der Waals surface area contributed by atoms with Gasteiger partial charge in [-0.25, -0.2) is 15.0 Å². The number of nitrogens with zero attached hydrogens (tertiary/aromatic N) is 4. The molecule has 0 bridgehead atoms. The van der Waals surface area contributed by atoms with Gasteiger partial charge in [0.2, 0.25) is 5.91 Å². The van der Waals surface area contributed by atoms with Crippen LogP contribution in [0.5, 0.6) is 0 Å². The van der Waals surface area contributed by atoms with Crippen molar-refractivity contribution >= 4 is 11.8 Å². The molecule has 9 nitrogen and oxygen atoms in total. The molecule has 3 rings (SSSR count). The molecule has 0 saturated carbocycles. The summed E-state index contributed by atoms with van der Waals surface area (Å²) in [6.45, 7) is 7.73. The summed E-state index contributed by atoms with van der Waals surface area (Å²) in [6.07, 6.45) is 4.81. The van der Waals surface area contributed by atoms with E-state index in [0.717, 1.165) is 17.8 Å². The normalized spacial score (nSPS) is 15.0. The second-order valence-electron chi connectivity index (χ2n) is 7.57. The highest BCUT2D eigenvalue weighted by molar-refractivity contribution is 5.97. The zero-order valence-electron chi connectivity index (χ0n) is 16.0. The van der Waals surface area contributed by atoms with Crippen molar-refractivity contribution in [3.63, 3.8) is 0 Å². The van der Waals surface area contributed by atoms with Crippen molar-refractivity contribution in [1.82, 2.24) is 35.5 Å². The fraction of sp³-hybridized carbons (Fsp3) is 0.500. The number of rotatable bonds is 4. The lowest BCUT2D eigenvalue weighted by atomic mass is 9.86. The van der Waals surface area contributed by atoms with Gasteiger partial charge in [0.05, 0.1) is 11.3 Å². The van der Waals surface area contributed by atoms with Gasteiger partial charge in [0.15, 0.2) is 5.69 Å². The zero-order valence-corrected chi connectivity index (χ0v) is 16.0. The first-order chi connectivity index (χ1) is 12.8. The molecule has 0 fully saturated rings. The van der Waals surface area contributed by atoms with E-state index >= 15 is 0 Å². The topological polar surface area (TPSA) is 114 Å². The average Bonchev–Trinajstić information content (AvgIpc) is 3.05. The molecular weight excluding hydrogens is 346 g/mol. The molecule has 0 unspecified atom stereocenters. The van der Waals surface area contributed by atoms with Crippen LogP contribution in [0.2, 0.25) is 0 Å². The van der Waals surface area contributed by atoms with Gasteiger partial charge in [-0.2, -0.15) is 0 Å². The Morgan fingerprint density at radius 1 is 1.26 bits per heavy atom. The third kappa shape index (κ3) is 3.82. The van der Waals surface area contributed by atoms with Crippen LogP contribution < -0.4 is 16.0 Å². The number of hydrogen-bond acceptors (Lipinski definition) is 6. The Hall–Kier alpha value is -2.81. The minimum atomic E-state index is -0.674. The predicted octanol–water partition coefficient (Wildman–Crippen LogP) is 0.334. The molecule has 1 aliphatic rings.